The molecule has 0 unspecified atom stereocenters. The molecule has 4 aromatic carbocycles. The Morgan fingerprint density at radius 2 is 0.890 bits per heavy atom. The molecular weight excluding hydrogens is 902 g/mol. The Hall–Kier alpha value is -5.21. The van der Waals surface area contributed by atoms with Gasteiger partial charge in [-0.25, -0.2) is 0 Å². The summed E-state index contributed by atoms with van der Waals surface area (Å²) in [5, 5.41) is 21.3. The van der Waals surface area contributed by atoms with E-state index in [1.165, 1.54) is 66.8 Å². The average molecular weight is 990 g/mol. The average Bonchev–Trinajstić information content (AvgIpc) is 3.59. The van der Waals surface area contributed by atoms with Crippen LogP contribution in [-0.4, -0.2) is 50.9 Å². The lowest BCUT2D eigenvalue weighted by Gasteiger charge is -2.34. The first-order chi connectivity index (χ1) is 34.4. The highest BCUT2D eigenvalue weighted by Gasteiger charge is 2.52. The number of aromatic nitrogens is 1. The van der Waals surface area contributed by atoms with E-state index >= 15 is 0 Å². The predicted octanol–water partition coefficient (Wildman–Crippen LogP) is 15.0. The maximum absolute atomic E-state index is 10.7. The second-order valence-electron chi connectivity index (χ2n) is 21.5. The van der Waals surface area contributed by atoms with Crippen molar-refractivity contribution in [2.45, 2.75) is 202 Å². The summed E-state index contributed by atoms with van der Waals surface area (Å²) in [7, 11) is -0.347. The third kappa shape index (κ3) is 13.6. The van der Waals surface area contributed by atoms with E-state index in [-0.39, 0.29) is 35.3 Å². The lowest BCUT2D eigenvalue weighted by Crippen LogP contribution is -2.41. The van der Waals surface area contributed by atoms with Gasteiger partial charge in [-0.1, -0.05) is 158 Å². The van der Waals surface area contributed by atoms with Crippen molar-refractivity contribution in [2.24, 2.45) is 0 Å². The van der Waals surface area contributed by atoms with E-state index in [0.717, 1.165) is 49.6 Å². The standard InChI is InChI=1S/C32H47BO3.C32H41NO.CO2/c1-11-31(34,12-2)20-19-25-15-16-26(21-23(25)5)32(13-3,14-4)27-17-18-28(24(6)22-27)33-35-29(7,8)30(9,10)36-33;1-8-31(34,9-2)17-16-26-12-13-28(19-24(26)6)32(10-3,11-4)29-14-15-30(25(7)20-29)27-18-23(5)21-33-22-27;2-1-3/h15-22,34H,11-14H2,1-10H3;12-22,34H,8-11H2,1-7H3;/b20-19+;17-16+;. The minimum absolute atomic E-state index is 0.0330. The molecule has 0 aliphatic carbocycles. The maximum Gasteiger partial charge on any atom is 0.495 e. The van der Waals surface area contributed by atoms with Crippen molar-refractivity contribution in [3.05, 3.63) is 165 Å². The van der Waals surface area contributed by atoms with Crippen LogP contribution >= 0.6 is 0 Å². The van der Waals surface area contributed by atoms with E-state index in [1.807, 2.05) is 52.2 Å². The molecular formula is C65H88BNO6. The van der Waals surface area contributed by atoms with Crippen LogP contribution in [0, 0.1) is 34.6 Å². The van der Waals surface area contributed by atoms with Gasteiger partial charge >= 0.3 is 13.3 Å². The van der Waals surface area contributed by atoms with Gasteiger partial charge in [0.15, 0.2) is 0 Å². The van der Waals surface area contributed by atoms with E-state index in [2.05, 4.69) is 186 Å². The van der Waals surface area contributed by atoms with Gasteiger partial charge in [0.25, 0.3) is 0 Å². The zero-order valence-corrected chi connectivity index (χ0v) is 47.7. The summed E-state index contributed by atoms with van der Waals surface area (Å²) in [5.74, 6) is 0. The van der Waals surface area contributed by atoms with E-state index in [9.17, 15) is 10.2 Å². The summed E-state index contributed by atoms with van der Waals surface area (Å²) in [5.41, 5.74) is 15.1. The largest absolute Gasteiger partial charge is 0.495 e. The molecule has 73 heavy (non-hydrogen) atoms. The molecule has 2 heterocycles. The Morgan fingerprint density at radius 3 is 1.23 bits per heavy atom. The normalized spacial score (nSPS) is 14.7. The minimum atomic E-state index is -0.738. The van der Waals surface area contributed by atoms with Gasteiger partial charge in [0.05, 0.1) is 22.4 Å². The molecule has 0 amide bonds. The Kier molecular flexibility index (Phi) is 21.0. The molecule has 8 heteroatoms. The number of hydrogen-bond acceptors (Lipinski definition) is 7. The van der Waals surface area contributed by atoms with Gasteiger partial charge in [0.2, 0.25) is 0 Å². The van der Waals surface area contributed by atoms with Crippen LogP contribution in [0.25, 0.3) is 23.3 Å². The fraction of sp³-hybridized carbons (Fsp3) is 0.477. The van der Waals surface area contributed by atoms with Crippen molar-refractivity contribution < 1.29 is 29.1 Å². The van der Waals surface area contributed by atoms with Crippen LogP contribution in [0.5, 0.6) is 0 Å². The Balaban J connectivity index is 0.000000301. The first-order valence-electron chi connectivity index (χ1n) is 27.0. The van der Waals surface area contributed by atoms with Crippen LogP contribution in [0.1, 0.15) is 196 Å². The summed E-state index contributed by atoms with van der Waals surface area (Å²) in [4.78, 5) is 20.6. The fourth-order valence-corrected chi connectivity index (χ4v) is 10.4. The summed E-state index contributed by atoms with van der Waals surface area (Å²) < 4.78 is 12.7. The highest BCUT2D eigenvalue weighted by Crippen LogP contribution is 2.43. The highest BCUT2D eigenvalue weighted by atomic mass is 16.7. The van der Waals surface area contributed by atoms with Gasteiger partial charge in [-0.15, -0.1) is 0 Å². The number of hydrogen-bond donors (Lipinski definition) is 2. The zero-order chi connectivity index (χ0) is 54.6. The molecule has 1 saturated heterocycles. The molecule has 1 aromatic heterocycles. The molecule has 1 aliphatic rings. The Morgan fingerprint density at radius 1 is 0.521 bits per heavy atom. The molecule has 392 valence electrons. The van der Waals surface area contributed by atoms with E-state index < -0.39 is 11.2 Å². The van der Waals surface area contributed by atoms with Gasteiger partial charge in [-0.2, -0.15) is 9.59 Å². The second kappa shape index (κ2) is 25.4. The van der Waals surface area contributed by atoms with Crippen molar-refractivity contribution in [3.63, 3.8) is 0 Å². The van der Waals surface area contributed by atoms with Gasteiger partial charge in [-0.05, 0) is 186 Å². The Bertz CT molecular complexity index is 2690. The first kappa shape index (κ1) is 60.4. The summed E-state index contributed by atoms with van der Waals surface area (Å²) in [6.07, 6.45) is 19.2. The van der Waals surface area contributed by atoms with Gasteiger partial charge < -0.3 is 19.5 Å². The number of carbonyl (C=O) groups excluding carboxylic acids is 2. The lowest BCUT2D eigenvalue weighted by atomic mass is 9.68. The molecule has 0 radical (unpaired) electrons. The van der Waals surface area contributed by atoms with Crippen LogP contribution in [0.15, 0.2) is 103 Å². The first-order valence-corrected chi connectivity index (χ1v) is 27.0. The van der Waals surface area contributed by atoms with Crippen molar-refractivity contribution in [1.82, 2.24) is 4.98 Å². The van der Waals surface area contributed by atoms with Crippen LogP contribution < -0.4 is 5.46 Å². The quantitative estimate of drug-likeness (QED) is 0.0842. The van der Waals surface area contributed by atoms with E-state index in [4.69, 9.17) is 18.9 Å². The fourth-order valence-electron chi connectivity index (χ4n) is 10.4. The summed E-state index contributed by atoms with van der Waals surface area (Å²) in [6.45, 7) is 36.5. The smallest absolute Gasteiger partial charge is 0.399 e. The van der Waals surface area contributed by atoms with Crippen molar-refractivity contribution in [2.75, 3.05) is 0 Å². The SMILES string of the molecule is CCC(O)(/C=C/c1ccc(C(CC)(CC)c2ccc(-c3cncc(C)c3)c(C)c2)cc1C)CC.CCC(O)(/C=C/c1ccc(C(CC)(CC)c2ccc(B3OC(C)(C)C(C)(C)O3)c(C)c2)cc1C)CC.O=C=O. The molecule has 7 nitrogen and oxygen atoms in total. The second-order valence-corrected chi connectivity index (χ2v) is 21.5. The van der Waals surface area contributed by atoms with Crippen LogP contribution in [-0.2, 0) is 29.7 Å². The number of aliphatic hydroxyl groups is 2. The third-order valence-corrected chi connectivity index (χ3v) is 16.9. The molecule has 5 aromatic rings. The number of aryl methyl sites for hydroxylation is 5. The molecule has 0 spiro atoms. The molecule has 2 N–H and O–H groups in total. The summed E-state index contributed by atoms with van der Waals surface area (Å²) in [6, 6.07) is 29.6. The van der Waals surface area contributed by atoms with Crippen LogP contribution in [0.3, 0.4) is 0 Å². The lowest BCUT2D eigenvalue weighted by molar-refractivity contribution is -0.191. The molecule has 0 atom stereocenters. The van der Waals surface area contributed by atoms with Crippen LogP contribution in [0.4, 0.5) is 0 Å². The monoisotopic (exact) mass is 990 g/mol. The number of rotatable bonds is 18. The molecule has 0 bridgehead atoms. The van der Waals surface area contributed by atoms with Crippen molar-refractivity contribution in [3.8, 4) is 11.1 Å². The maximum atomic E-state index is 10.7. The van der Waals surface area contributed by atoms with Crippen molar-refractivity contribution >= 4 is 30.9 Å². The van der Waals surface area contributed by atoms with Gasteiger partial charge in [0, 0.05) is 28.8 Å². The number of nitrogens with zero attached hydrogens (tertiary/aromatic N) is 1. The number of benzene rings is 4. The summed E-state index contributed by atoms with van der Waals surface area (Å²) >= 11 is 0. The molecule has 0 saturated carbocycles. The minimum Gasteiger partial charge on any atom is -0.399 e. The van der Waals surface area contributed by atoms with Crippen LogP contribution in [0.2, 0.25) is 0 Å². The van der Waals surface area contributed by atoms with Crippen molar-refractivity contribution in [1.29, 1.82) is 0 Å². The van der Waals surface area contributed by atoms with Gasteiger partial charge in [0.1, 0.15) is 0 Å². The molecule has 6 rings (SSSR count). The topological polar surface area (TPSA) is 106 Å². The Labute approximate surface area is 441 Å². The molecule has 1 fully saturated rings. The van der Waals surface area contributed by atoms with Gasteiger partial charge in [-0.3, -0.25) is 4.98 Å². The highest BCUT2D eigenvalue weighted by molar-refractivity contribution is 6.62. The van der Waals surface area contributed by atoms with E-state index in [1.54, 1.807) is 0 Å². The molecule has 1 aliphatic heterocycles. The zero-order valence-electron chi connectivity index (χ0n) is 47.7. The predicted molar refractivity (Wildman–Crippen MR) is 305 cm³/mol. The third-order valence-electron chi connectivity index (χ3n) is 16.9. The van der Waals surface area contributed by atoms with E-state index in [0.29, 0.717) is 12.8 Å². The number of pyridine rings is 1.